The van der Waals surface area contributed by atoms with Gasteiger partial charge in [0.25, 0.3) is 5.91 Å². The van der Waals surface area contributed by atoms with Gasteiger partial charge in [0.15, 0.2) is 26.5 Å². The number of rotatable bonds is 12. The maximum absolute atomic E-state index is 13.9. The summed E-state index contributed by atoms with van der Waals surface area (Å²) in [5, 5.41) is 0.415. The van der Waals surface area contributed by atoms with Crippen LogP contribution in [0, 0.1) is 0 Å². The number of sulfone groups is 1. The Labute approximate surface area is 228 Å². The van der Waals surface area contributed by atoms with Crippen LogP contribution < -0.4 is 19.1 Å². The number of likely N-dealkylation sites (N-methyl/N-ethyl adjacent to an activating group) is 1. The molecule has 3 aromatic rings. The fraction of sp³-hybridized carbons (Fsp3) is 0.440. The Bertz CT molecular complexity index is 1300. The molecule has 0 aliphatic carbocycles. The van der Waals surface area contributed by atoms with E-state index in [1.54, 1.807) is 29.2 Å². The van der Waals surface area contributed by atoms with Crippen LogP contribution in [0.2, 0.25) is 0 Å². The van der Waals surface area contributed by atoms with E-state index in [0.717, 1.165) is 6.26 Å². The van der Waals surface area contributed by atoms with Crippen LogP contribution in [0.4, 0.5) is 5.13 Å². The van der Waals surface area contributed by atoms with Gasteiger partial charge >= 0.3 is 0 Å². The van der Waals surface area contributed by atoms with Crippen LogP contribution in [0.25, 0.3) is 10.2 Å². The van der Waals surface area contributed by atoms with Crippen molar-refractivity contribution in [1.82, 2.24) is 9.88 Å². The van der Waals surface area contributed by atoms with E-state index in [-0.39, 0.29) is 23.2 Å². The highest BCUT2D eigenvalue weighted by molar-refractivity contribution is 7.91. The lowest BCUT2D eigenvalue weighted by Crippen LogP contribution is -2.36. The summed E-state index contributed by atoms with van der Waals surface area (Å²) in [6.45, 7) is 7.69. The molecule has 0 bridgehead atoms. The van der Waals surface area contributed by atoms with Crippen molar-refractivity contribution in [2.75, 3.05) is 58.2 Å². The van der Waals surface area contributed by atoms with Crippen molar-refractivity contribution in [3.05, 3.63) is 35.9 Å². The molecule has 1 heterocycles. The molecular formula is C25H34ClN3O6S2. The second-order valence-corrected chi connectivity index (χ2v) is 11.2. The minimum absolute atomic E-state index is 0. The Hall–Kier alpha value is -2.60. The molecule has 0 spiro atoms. The second kappa shape index (κ2) is 13.3. The number of hydrogen-bond donors (Lipinski definition) is 0. The lowest BCUT2D eigenvalue weighted by atomic mass is 10.1. The molecule has 0 unspecified atom stereocenters. The summed E-state index contributed by atoms with van der Waals surface area (Å²) < 4.78 is 42.7. The fourth-order valence-corrected chi connectivity index (χ4v) is 5.49. The predicted molar refractivity (Wildman–Crippen MR) is 150 cm³/mol. The van der Waals surface area contributed by atoms with Gasteiger partial charge in [0, 0.05) is 24.9 Å². The summed E-state index contributed by atoms with van der Waals surface area (Å²) in [7, 11) is 0.345. The standard InChI is InChI=1S/C25H33N3O6S2.ClH/c1-7-32-18-15-17(16-19(33-8-2)23(18)34-9-3)24(29)28(14-13-27(4)5)25-26-22-20(35-25)11-10-12-21(22)36(6,30)31;/h10-12,15-16H,7-9,13-14H2,1-6H3;1H. The molecule has 37 heavy (non-hydrogen) atoms. The Kier molecular flexibility index (Phi) is 11.0. The molecule has 9 nitrogen and oxygen atoms in total. The number of carbonyl (C=O) groups is 1. The summed E-state index contributed by atoms with van der Waals surface area (Å²) in [6, 6.07) is 8.32. The molecule has 0 aliphatic rings. The minimum atomic E-state index is -3.49. The van der Waals surface area contributed by atoms with Crippen molar-refractivity contribution in [2.24, 2.45) is 0 Å². The zero-order valence-corrected chi connectivity index (χ0v) is 24.4. The number of fused-ring (bicyclic) bond motifs is 1. The monoisotopic (exact) mass is 571 g/mol. The van der Waals surface area contributed by atoms with Gasteiger partial charge in [0.2, 0.25) is 5.75 Å². The smallest absolute Gasteiger partial charge is 0.260 e. The maximum Gasteiger partial charge on any atom is 0.260 e. The van der Waals surface area contributed by atoms with Gasteiger partial charge in [-0.25, -0.2) is 13.4 Å². The van der Waals surface area contributed by atoms with Crippen molar-refractivity contribution in [1.29, 1.82) is 0 Å². The van der Waals surface area contributed by atoms with Gasteiger partial charge in [-0.05, 0) is 59.1 Å². The van der Waals surface area contributed by atoms with Crippen molar-refractivity contribution in [3.63, 3.8) is 0 Å². The molecule has 0 radical (unpaired) electrons. The average Bonchev–Trinajstić information content (AvgIpc) is 3.24. The van der Waals surface area contributed by atoms with Crippen LogP contribution in [0.1, 0.15) is 31.1 Å². The molecule has 3 rings (SSSR count). The van der Waals surface area contributed by atoms with Gasteiger partial charge < -0.3 is 19.1 Å². The minimum Gasteiger partial charge on any atom is -0.490 e. The predicted octanol–water partition coefficient (Wildman–Crippen LogP) is 4.53. The van der Waals surface area contributed by atoms with E-state index in [9.17, 15) is 13.2 Å². The van der Waals surface area contributed by atoms with Crippen LogP contribution in [0.3, 0.4) is 0 Å². The van der Waals surface area contributed by atoms with Crippen LogP contribution in [-0.4, -0.2) is 77.5 Å². The quantitative estimate of drug-likeness (QED) is 0.313. The van der Waals surface area contributed by atoms with Gasteiger partial charge in [-0.1, -0.05) is 17.4 Å². The first-order valence-corrected chi connectivity index (χ1v) is 14.4. The Balaban J connectivity index is 0.00000481. The molecule has 0 N–H and O–H groups in total. The van der Waals surface area contributed by atoms with Crippen LogP contribution in [0.15, 0.2) is 35.2 Å². The zero-order chi connectivity index (χ0) is 26.5. The van der Waals surface area contributed by atoms with E-state index in [0.29, 0.717) is 71.1 Å². The number of benzene rings is 2. The second-order valence-electron chi connectivity index (χ2n) is 8.23. The van der Waals surface area contributed by atoms with Gasteiger partial charge in [-0.3, -0.25) is 9.69 Å². The van der Waals surface area contributed by atoms with E-state index in [1.807, 2.05) is 39.8 Å². The molecule has 12 heteroatoms. The molecule has 2 aromatic carbocycles. The summed E-state index contributed by atoms with van der Waals surface area (Å²) in [4.78, 5) is 22.2. The van der Waals surface area contributed by atoms with E-state index >= 15 is 0 Å². The summed E-state index contributed by atoms with van der Waals surface area (Å²) in [6.07, 6.45) is 1.15. The first-order valence-electron chi connectivity index (χ1n) is 11.7. The number of ether oxygens (including phenoxy) is 3. The first kappa shape index (κ1) is 30.6. The third kappa shape index (κ3) is 7.25. The number of thiazole rings is 1. The molecule has 1 amide bonds. The van der Waals surface area contributed by atoms with Crippen LogP contribution >= 0.6 is 23.7 Å². The molecule has 0 aliphatic heterocycles. The Morgan fingerprint density at radius 1 is 0.973 bits per heavy atom. The number of hydrogen-bond acceptors (Lipinski definition) is 9. The molecule has 0 saturated heterocycles. The summed E-state index contributed by atoms with van der Waals surface area (Å²) >= 11 is 1.27. The van der Waals surface area contributed by atoms with Gasteiger partial charge in [0.1, 0.15) is 5.52 Å². The van der Waals surface area contributed by atoms with E-state index < -0.39 is 9.84 Å². The topological polar surface area (TPSA) is 98.3 Å². The van der Waals surface area contributed by atoms with Gasteiger partial charge in [-0.2, -0.15) is 0 Å². The number of carbonyl (C=O) groups excluding carboxylic acids is 1. The number of nitrogens with zero attached hydrogens (tertiary/aromatic N) is 3. The third-order valence-electron chi connectivity index (χ3n) is 5.17. The highest BCUT2D eigenvalue weighted by Gasteiger charge is 2.26. The Morgan fingerprint density at radius 2 is 1.57 bits per heavy atom. The van der Waals surface area contributed by atoms with Crippen LogP contribution in [-0.2, 0) is 9.84 Å². The van der Waals surface area contributed by atoms with Crippen molar-refractivity contribution < 1.29 is 27.4 Å². The Morgan fingerprint density at radius 3 is 2.08 bits per heavy atom. The highest BCUT2D eigenvalue weighted by Crippen LogP contribution is 2.40. The van der Waals surface area contributed by atoms with E-state index in [1.165, 1.54) is 17.4 Å². The molecule has 0 saturated carbocycles. The van der Waals surface area contributed by atoms with E-state index in [4.69, 9.17) is 14.2 Å². The molecule has 0 fully saturated rings. The number of anilines is 1. The number of halogens is 1. The SMILES string of the molecule is CCOc1cc(C(=O)N(CCN(C)C)c2nc3c(S(C)(=O)=O)cccc3s2)cc(OCC)c1OCC.Cl. The summed E-state index contributed by atoms with van der Waals surface area (Å²) in [5.74, 6) is 0.992. The molecule has 1 aromatic heterocycles. The van der Waals surface area contributed by atoms with Gasteiger partial charge in [0.05, 0.1) is 29.4 Å². The number of para-hydroxylation sites is 1. The lowest BCUT2D eigenvalue weighted by molar-refractivity contribution is 0.0984. The van der Waals surface area contributed by atoms with Crippen molar-refractivity contribution in [2.45, 2.75) is 25.7 Å². The van der Waals surface area contributed by atoms with Gasteiger partial charge in [-0.15, -0.1) is 12.4 Å². The average molecular weight is 572 g/mol. The zero-order valence-electron chi connectivity index (χ0n) is 21.9. The molecule has 0 atom stereocenters. The third-order valence-corrected chi connectivity index (χ3v) is 7.35. The highest BCUT2D eigenvalue weighted by atomic mass is 35.5. The van der Waals surface area contributed by atoms with Crippen LogP contribution in [0.5, 0.6) is 17.2 Å². The largest absolute Gasteiger partial charge is 0.490 e. The molecular weight excluding hydrogens is 538 g/mol. The van der Waals surface area contributed by atoms with Crippen molar-refractivity contribution in [3.8, 4) is 17.2 Å². The van der Waals surface area contributed by atoms with E-state index in [2.05, 4.69) is 4.98 Å². The maximum atomic E-state index is 13.9. The number of aromatic nitrogens is 1. The first-order chi connectivity index (χ1) is 17.1. The normalized spacial score (nSPS) is 11.3. The fourth-order valence-electron chi connectivity index (χ4n) is 3.58. The molecule has 204 valence electrons. The van der Waals surface area contributed by atoms with Crippen molar-refractivity contribution >= 4 is 54.8 Å². The lowest BCUT2D eigenvalue weighted by Gasteiger charge is -2.23. The number of amides is 1. The summed E-state index contributed by atoms with van der Waals surface area (Å²) in [5.41, 5.74) is 0.714.